The predicted octanol–water partition coefficient (Wildman–Crippen LogP) is 3.34. The largest absolute Gasteiger partial charge is 0.384 e. The smallest absolute Gasteiger partial charge is 0.234 e. The van der Waals surface area contributed by atoms with Crippen molar-refractivity contribution in [1.82, 2.24) is 10.3 Å². The fourth-order valence-electron chi connectivity index (χ4n) is 3.12. The molecule has 0 radical (unpaired) electrons. The number of amides is 1. The van der Waals surface area contributed by atoms with Gasteiger partial charge in [-0.2, -0.15) is 0 Å². The summed E-state index contributed by atoms with van der Waals surface area (Å²) >= 11 is 7.70. The van der Waals surface area contributed by atoms with Gasteiger partial charge in [-0.25, -0.2) is 4.98 Å². The van der Waals surface area contributed by atoms with Gasteiger partial charge in [0, 0.05) is 29.6 Å². The summed E-state index contributed by atoms with van der Waals surface area (Å²) in [5.74, 6) is -0.00510. The predicted molar refractivity (Wildman–Crippen MR) is 101 cm³/mol. The number of carbonyl (C=O) groups is 1. The lowest BCUT2D eigenvalue weighted by molar-refractivity contribution is -0.130. The zero-order valence-electron chi connectivity index (χ0n) is 14.2. The molecule has 2 N–H and O–H groups in total. The van der Waals surface area contributed by atoms with Gasteiger partial charge in [-0.05, 0) is 37.6 Å². The van der Waals surface area contributed by atoms with Crippen LogP contribution in [0, 0.1) is 5.41 Å². The van der Waals surface area contributed by atoms with Crippen LogP contribution in [0.3, 0.4) is 0 Å². The van der Waals surface area contributed by atoms with Crippen LogP contribution in [-0.4, -0.2) is 37.7 Å². The minimum atomic E-state index is -0.478. The van der Waals surface area contributed by atoms with Crippen molar-refractivity contribution in [3.63, 3.8) is 0 Å². The summed E-state index contributed by atoms with van der Waals surface area (Å²) in [6.45, 7) is 2.08. The lowest BCUT2D eigenvalue weighted by Gasteiger charge is -2.35. The van der Waals surface area contributed by atoms with E-state index in [-0.39, 0.29) is 5.91 Å². The molecule has 25 heavy (non-hydrogen) atoms. The Morgan fingerprint density at radius 3 is 2.88 bits per heavy atom. The highest BCUT2D eigenvalue weighted by Crippen LogP contribution is 2.32. The van der Waals surface area contributed by atoms with E-state index in [0.717, 1.165) is 41.4 Å². The van der Waals surface area contributed by atoms with Gasteiger partial charge in [0.2, 0.25) is 5.91 Å². The normalized spacial score (nSPS) is 16.6. The number of hydrogen-bond acceptors (Lipinski definition) is 5. The Labute approximate surface area is 156 Å². The molecule has 134 valence electrons. The number of piperidine rings is 1. The Morgan fingerprint density at radius 1 is 1.40 bits per heavy atom. The Morgan fingerprint density at radius 2 is 2.16 bits per heavy atom. The average molecular weight is 380 g/mol. The van der Waals surface area contributed by atoms with E-state index in [4.69, 9.17) is 16.3 Å². The zero-order chi connectivity index (χ0) is 17.7. The maximum Gasteiger partial charge on any atom is 0.234 e. The number of carbonyl (C=O) groups excluding carboxylic acids is 1. The quantitative estimate of drug-likeness (QED) is 0.808. The van der Waals surface area contributed by atoms with Crippen molar-refractivity contribution in [3.8, 4) is 0 Å². The van der Waals surface area contributed by atoms with Crippen molar-refractivity contribution >= 4 is 34.0 Å². The summed E-state index contributed by atoms with van der Waals surface area (Å²) < 4.78 is 5.32. The van der Waals surface area contributed by atoms with Gasteiger partial charge in [0.15, 0.2) is 5.13 Å². The van der Waals surface area contributed by atoms with Gasteiger partial charge in [-0.15, -0.1) is 11.3 Å². The van der Waals surface area contributed by atoms with Crippen molar-refractivity contribution in [3.05, 3.63) is 45.9 Å². The Kier molecular flexibility index (Phi) is 6.06. The molecule has 2 aromatic rings. The highest BCUT2D eigenvalue weighted by atomic mass is 35.5. The molecule has 3 rings (SSSR count). The molecule has 1 aliphatic heterocycles. The second-order valence-corrected chi connectivity index (χ2v) is 7.84. The molecule has 1 aromatic heterocycles. The third-order valence-corrected chi connectivity index (χ3v) is 5.84. The van der Waals surface area contributed by atoms with Gasteiger partial charge >= 0.3 is 0 Å². The first kappa shape index (κ1) is 18.3. The fourth-order valence-corrected chi connectivity index (χ4v) is 4.16. The third kappa shape index (κ3) is 4.39. The van der Waals surface area contributed by atoms with E-state index in [1.807, 2.05) is 24.3 Å². The van der Waals surface area contributed by atoms with E-state index in [9.17, 15) is 4.79 Å². The zero-order valence-corrected chi connectivity index (χ0v) is 15.8. The van der Waals surface area contributed by atoms with Crippen LogP contribution in [0.1, 0.15) is 23.3 Å². The average Bonchev–Trinajstić information content (AvgIpc) is 3.05. The van der Waals surface area contributed by atoms with Crippen LogP contribution in [0.15, 0.2) is 30.5 Å². The molecular weight excluding hydrogens is 358 g/mol. The number of rotatable bonds is 6. The summed E-state index contributed by atoms with van der Waals surface area (Å²) in [6.07, 6.45) is 4.05. The molecule has 0 unspecified atom stereocenters. The molecule has 1 aliphatic rings. The molecule has 0 spiro atoms. The van der Waals surface area contributed by atoms with Crippen molar-refractivity contribution in [1.29, 1.82) is 0 Å². The minimum Gasteiger partial charge on any atom is -0.384 e. The number of nitrogens with one attached hydrogen (secondary N) is 2. The molecule has 1 fully saturated rings. The number of benzene rings is 1. The Bertz CT molecular complexity index is 723. The summed E-state index contributed by atoms with van der Waals surface area (Å²) in [5, 5.41) is 7.65. The molecule has 5 nitrogen and oxygen atoms in total. The molecule has 1 aromatic carbocycles. The fraction of sp³-hybridized carbons (Fsp3) is 0.444. The van der Waals surface area contributed by atoms with Gasteiger partial charge in [0.05, 0.1) is 12.0 Å². The highest BCUT2D eigenvalue weighted by Gasteiger charge is 2.40. The van der Waals surface area contributed by atoms with Crippen LogP contribution < -0.4 is 10.6 Å². The summed E-state index contributed by atoms with van der Waals surface area (Å²) in [7, 11) is 1.64. The first-order valence-corrected chi connectivity index (χ1v) is 9.52. The van der Waals surface area contributed by atoms with Gasteiger partial charge in [0.25, 0.3) is 0 Å². The minimum absolute atomic E-state index is 0.00510. The molecule has 0 atom stereocenters. The van der Waals surface area contributed by atoms with Crippen LogP contribution in [0.25, 0.3) is 0 Å². The van der Waals surface area contributed by atoms with Gasteiger partial charge < -0.3 is 15.4 Å². The molecule has 7 heteroatoms. The van der Waals surface area contributed by atoms with Crippen molar-refractivity contribution in [2.75, 3.05) is 32.1 Å². The van der Waals surface area contributed by atoms with Crippen LogP contribution in [0.2, 0.25) is 5.02 Å². The van der Waals surface area contributed by atoms with Gasteiger partial charge in [-0.1, -0.05) is 29.8 Å². The van der Waals surface area contributed by atoms with Crippen molar-refractivity contribution < 1.29 is 9.53 Å². The SMILES string of the molecule is COCC1(C(=O)Nc2ncc(Cc3ccccc3Cl)s2)CCNCC1. The Balaban J connectivity index is 1.68. The summed E-state index contributed by atoms with van der Waals surface area (Å²) in [6, 6.07) is 7.77. The second-order valence-electron chi connectivity index (χ2n) is 6.32. The van der Waals surface area contributed by atoms with Crippen LogP contribution >= 0.6 is 22.9 Å². The Hall–Kier alpha value is -1.47. The summed E-state index contributed by atoms with van der Waals surface area (Å²) in [5.41, 5.74) is 0.578. The molecule has 2 heterocycles. The second kappa shape index (κ2) is 8.27. The monoisotopic (exact) mass is 379 g/mol. The number of halogens is 1. The maximum absolute atomic E-state index is 12.8. The van der Waals surface area contributed by atoms with E-state index in [0.29, 0.717) is 18.2 Å². The topological polar surface area (TPSA) is 63.2 Å². The van der Waals surface area contributed by atoms with E-state index < -0.39 is 5.41 Å². The number of anilines is 1. The van der Waals surface area contributed by atoms with Crippen LogP contribution in [0.5, 0.6) is 0 Å². The molecule has 1 saturated heterocycles. The third-order valence-electron chi connectivity index (χ3n) is 4.56. The number of thiazole rings is 1. The number of methoxy groups -OCH3 is 1. The molecular formula is C18H22ClN3O2S. The standard InChI is InChI=1S/C18H22ClN3O2S/c1-24-12-18(6-8-20-9-7-18)16(23)22-17-21-11-14(25-17)10-13-4-2-3-5-15(13)19/h2-5,11,20H,6-10,12H2,1H3,(H,21,22,23). The van der Waals surface area contributed by atoms with Gasteiger partial charge in [-0.3, -0.25) is 4.79 Å². The van der Waals surface area contributed by atoms with Gasteiger partial charge in [0.1, 0.15) is 0 Å². The van der Waals surface area contributed by atoms with Crippen LogP contribution in [0.4, 0.5) is 5.13 Å². The number of hydrogen-bond donors (Lipinski definition) is 2. The van der Waals surface area contributed by atoms with E-state index in [1.54, 1.807) is 13.3 Å². The number of nitrogens with zero attached hydrogens (tertiary/aromatic N) is 1. The number of aromatic nitrogens is 1. The lowest BCUT2D eigenvalue weighted by Crippen LogP contribution is -2.47. The van der Waals surface area contributed by atoms with Crippen molar-refractivity contribution in [2.45, 2.75) is 19.3 Å². The van der Waals surface area contributed by atoms with E-state index >= 15 is 0 Å². The molecule has 0 aliphatic carbocycles. The highest BCUT2D eigenvalue weighted by molar-refractivity contribution is 7.15. The summed E-state index contributed by atoms with van der Waals surface area (Å²) in [4.78, 5) is 18.2. The van der Waals surface area contributed by atoms with E-state index in [1.165, 1.54) is 11.3 Å². The molecule has 1 amide bonds. The molecule has 0 bridgehead atoms. The lowest BCUT2D eigenvalue weighted by atomic mass is 9.79. The van der Waals surface area contributed by atoms with Crippen LogP contribution in [-0.2, 0) is 16.0 Å². The van der Waals surface area contributed by atoms with Crippen molar-refractivity contribution in [2.24, 2.45) is 5.41 Å². The molecule has 0 saturated carbocycles. The first-order valence-electron chi connectivity index (χ1n) is 8.32. The van der Waals surface area contributed by atoms with E-state index in [2.05, 4.69) is 15.6 Å². The first-order chi connectivity index (χ1) is 12.1. The number of ether oxygens (including phenoxy) is 1. The maximum atomic E-state index is 12.8.